The first-order chi connectivity index (χ1) is 14.0. The molecule has 2 aromatic carbocycles. The number of nitrogens with one attached hydrogen (secondary N) is 1. The molecule has 4 rings (SSSR count). The number of carbonyl (C=O) groups excluding carboxylic acids is 2. The number of rotatable bonds is 6. The van der Waals surface area contributed by atoms with Gasteiger partial charge in [-0.1, -0.05) is 36.4 Å². The number of aliphatic hydroxyl groups excluding tert-OH is 1. The van der Waals surface area contributed by atoms with Gasteiger partial charge in [0.1, 0.15) is 5.82 Å². The van der Waals surface area contributed by atoms with Crippen LogP contribution in [0.1, 0.15) is 31.2 Å². The van der Waals surface area contributed by atoms with Gasteiger partial charge in [-0.2, -0.15) is 0 Å². The van der Waals surface area contributed by atoms with Gasteiger partial charge in [-0.3, -0.25) is 9.59 Å². The number of hydrogen-bond donors (Lipinski definition) is 2. The molecule has 1 saturated carbocycles. The topological polar surface area (TPSA) is 69.6 Å². The molecule has 5 nitrogen and oxygen atoms in total. The Morgan fingerprint density at radius 3 is 2.14 bits per heavy atom. The zero-order valence-corrected chi connectivity index (χ0v) is 16.3. The Kier molecular flexibility index (Phi) is 5.37. The minimum atomic E-state index is -0.299. The second-order valence-corrected chi connectivity index (χ2v) is 7.92. The van der Waals surface area contributed by atoms with Gasteiger partial charge in [0.2, 0.25) is 11.8 Å². The number of aliphatic hydroxyl groups is 1. The van der Waals surface area contributed by atoms with E-state index in [0.29, 0.717) is 6.54 Å². The maximum atomic E-state index is 13.2. The Balaban J connectivity index is 1.53. The first kappa shape index (κ1) is 19.6. The van der Waals surface area contributed by atoms with E-state index in [9.17, 15) is 19.1 Å². The molecule has 1 heterocycles. The number of benzene rings is 2. The van der Waals surface area contributed by atoms with Crippen LogP contribution in [-0.2, 0) is 9.59 Å². The summed E-state index contributed by atoms with van der Waals surface area (Å²) in [6.45, 7) is 1.75. The summed E-state index contributed by atoms with van der Waals surface area (Å²) in [6.07, 6.45) is 1.86. The van der Waals surface area contributed by atoms with Crippen LogP contribution in [0.25, 0.3) is 11.1 Å². The average Bonchev–Trinajstić information content (AvgIpc) is 3.53. The van der Waals surface area contributed by atoms with E-state index in [1.54, 1.807) is 17.0 Å². The third-order valence-electron chi connectivity index (χ3n) is 6.00. The molecular formula is C23H25FN2O3. The molecule has 1 aliphatic carbocycles. The summed E-state index contributed by atoms with van der Waals surface area (Å²) in [5.74, 6) is -0.264. The van der Waals surface area contributed by atoms with Crippen molar-refractivity contribution in [2.75, 3.05) is 13.2 Å². The minimum absolute atomic E-state index is 0.0476. The molecule has 2 fully saturated rings. The molecule has 1 saturated heterocycles. The SMILES string of the molecule is CC(=O)N1[C@H](CNC(=O)C2CC2)[C@H](c2ccc(-c3ccc(F)cc3)cc2)[C@@H]1CO. The Hall–Kier alpha value is -2.73. The Morgan fingerprint density at radius 1 is 1.03 bits per heavy atom. The third kappa shape index (κ3) is 3.90. The Morgan fingerprint density at radius 2 is 1.62 bits per heavy atom. The fourth-order valence-electron chi connectivity index (χ4n) is 4.32. The molecule has 0 bridgehead atoms. The first-order valence-electron chi connectivity index (χ1n) is 10.0. The number of nitrogens with zero attached hydrogens (tertiary/aromatic N) is 1. The summed E-state index contributed by atoms with van der Waals surface area (Å²) in [6, 6.07) is 13.8. The molecule has 0 aromatic heterocycles. The predicted octanol–water partition coefficient (Wildman–Crippen LogP) is 2.69. The first-order valence-corrected chi connectivity index (χ1v) is 10.0. The highest BCUT2D eigenvalue weighted by molar-refractivity contribution is 5.81. The molecule has 3 atom stereocenters. The molecule has 6 heteroatoms. The van der Waals surface area contributed by atoms with Crippen molar-refractivity contribution in [3.63, 3.8) is 0 Å². The lowest BCUT2D eigenvalue weighted by atomic mass is 9.74. The number of halogens is 1. The highest BCUT2D eigenvalue weighted by Crippen LogP contribution is 2.41. The molecule has 2 aromatic rings. The zero-order valence-electron chi connectivity index (χ0n) is 16.3. The Bertz CT molecular complexity index is 893. The number of amides is 2. The van der Waals surface area contributed by atoms with Crippen molar-refractivity contribution in [1.29, 1.82) is 0 Å². The van der Waals surface area contributed by atoms with Crippen molar-refractivity contribution < 1.29 is 19.1 Å². The Labute approximate surface area is 169 Å². The number of carbonyl (C=O) groups is 2. The van der Waals surface area contributed by atoms with E-state index >= 15 is 0 Å². The fraction of sp³-hybridized carbons (Fsp3) is 0.391. The third-order valence-corrected chi connectivity index (χ3v) is 6.00. The molecule has 2 aliphatic rings. The molecular weight excluding hydrogens is 371 g/mol. The second kappa shape index (κ2) is 7.95. The van der Waals surface area contributed by atoms with Gasteiger partial charge in [0.05, 0.1) is 18.7 Å². The van der Waals surface area contributed by atoms with Crippen molar-refractivity contribution in [1.82, 2.24) is 10.2 Å². The van der Waals surface area contributed by atoms with Gasteiger partial charge in [0, 0.05) is 25.3 Å². The van der Waals surface area contributed by atoms with E-state index in [-0.39, 0.29) is 48.2 Å². The highest BCUT2D eigenvalue weighted by atomic mass is 19.1. The van der Waals surface area contributed by atoms with Crippen LogP contribution in [-0.4, -0.2) is 47.1 Å². The van der Waals surface area contributed by atoms with Gasteiger partial charge in [-0.05, 0) is 41.7 Å². The zero-order chi connectivity index (χ0) is 20.5. The van der Waals surface area contributed by atoms with E-state index in [2.05, 4.69) is 5.32 Å². The highest BCUT2D eigenvalue weighted by Gasteiger charge is 2.50. The summed E-state index contributed by atoms with van der Waals surface area (Å²) in [5.41, 5.74) is 2.90. The predicted molar refractivity (Wildman–Crippen MR) is 107 cm³/mol. The molecule has 152 valence electrons. The lowest BCUT2D eigenvalue weighted by Gasteiger charge is -2.54. The summed E-state index contributed by atoms with van der Waals surface area (Å²) in [4.78, 5) is 25.8. The van der Waals surface area contributed by atoms with Gasteiger partial charge >= 0.3 is 0 Å². The molecule has 29 heavy (non-hydrogen) atoms. The van der Waals surface area contributed by atoms with Crippen LogP contribution in [0.15, 0.2) is 48.5 Å². The van der Waals surface area contributed by atoms with E-state index in [1.165, 1.54) is 19.1 Å². The average molecular weight is 396 g/mol. The number of likely N-dealkylation sites (tertiary alicyclic amines) is 1. The van der Waals surface area contributed by atoms with Crippen LogP contribution in [0.3, 0.4) is 0 Å². The van der Waals surface area contributed by atoms with E-state index in [0.717, 1.165) is 29.5 Å². The van der Waals surface area contributed by atoms with Crippen LogP contribution in [0.2, 0.25) is 0 Å². The largest absolute Gasteiger partial charge is 0.394 e. The monoisotopic (exact) mass is 396 g/mol. The second-order valence-electron chi connectivity index (χ2n) is 7.92. The van der Waals surface area contributed by atoms with Gasteiger partial charge in [0.25, 0.3) is 0 Å². The summed E-state index contributed by atoms with van der Waals surface area (Å²) in [7, 11) is 0. The molecule has 0 spiro atoms. The van der Waals surface area contributed by atoms with Crippen LogP contribution >= 0.6 is 0 Å². The fourth-order valence-corrected chi connectivity index (χ4v) is 4.32. The summed E-state index contributed by atoms with van der Waals surface area (Å²) >= 11 is 0. The van der Waals surface area contributed by atoms with Crippen LogP contribution in [0.5, 0.6) is 0 Å². The lowest BCUT2D eigenvalue weighted by Crippen LogP contribution is -2.68. The smallest absolute Gasteiger partial charge is 0.223 e. The van der Waals surface area contributed by atoms with E-state index in [1.807, 2.05) is 24.3 Å². The van der Waals surface area contributed by atoms with Crippen molar-refractivity contribution in [3.8, 4) is 11.1 Å². The molecule has 0 radical (unpaired) electrons. The van der Waals surface area contributed by atoms with E-state index in [4.69, 9.17) is 0 Å². The van der Waals surface area contributed by atoms with Gasteiger partial charge in [-0.25, -0.2) is 4.39 Å². The van der Waals surface area contributed by atoms with Crippen molar-refractivity contribution in [2.45, 2.75) is 37.8 Å². The molecule has 0 unspecified atom stereocenters. The standard InChI is InChI=1S/C23H25FN2O3/c1-14(28)26-20(12-25-23(29)18-6-7-18)22(21(26)13-27)17-4-2-15(3-5-17)16-8-10-19(24)11-9-16/h2-5,8-11,18,20-22,27H,6-7,12-13H2,1H3,(H,25,29)/t20-,21+,22+/m1/s1. The molecule has 2 N–H and O–H groups in total. The van der Waals surface area contributed by atoms with Crippen LogP contribution < -0.4 is 5.32 Å². The maximum Gasteiger partial charge on any atom is 0.223 e. The van der Waals surface area contributed by atoms with Gasteiger partial charge in [0.15, 0.2) is 0 Å². The van der Waals surface area contributed by atoms with Gasteiger partial charge < -0.3 is 15.3 Å². The van der Waals surface area contributed by atoms with E-state index < -0.39 is 0 Å². The maximum absolute atomic E-state index is 13.2. The summed E-state index contributed by atoms with van der Waals surface area (Å²) in [5, 5.41) is 12.8. The van der Waals surface area contributed by atoms with Crippen molar-refractivity contribution in [2.24, 2.45) is 5.92 Å². The molecule has 1 aliphatic heterocycles. The normalized spacial score (nSPS) is 23.4. The minimum Gasteiger partial charge on any atom is -0.394 e. The molecule has 2 amide bonds. The lowest BCUT2D eigenvalue weighted by molar-refractivity contribution is -0.148. The van der Waals surface area contributed by atoms with Gasteiger partial charge in [-0.15, -0.1) is 0 Å². The quantitative estimate of drug-likeness (QED) is 0.789. The van der Waals surface area contributed by atoms with Crippen LogP contribution in [0, 0.1) is 11.7 Å². The number of hydrogen-bond acceptors (Lipinski definition) is 3. The van der Waals surface area contributed by atoms with Crippen molar-refractivity contribution >= 4 is 11.8 Å². The summed E-state index contributed by atoms with van der Waals surface area (Å²) < 4.78 is 13.2. The van der Waals surface area contributed by atoms with Crippen molar-refractivity contribution in [3.05, 3.63) is 59.9 Å². The van der Waals surface area contributed by atoms with Crippen LogP contribution in [0.4, 0.5) is 4.39 Å².